The maximum Gasteiger partial charge on any atom is 0.221 e. The number of hydrogen-bond acceptors (Lipinski definition) is 3. The highest BCUT2D eigenvalue weighted by atomic mass is 16.3. The van der Waals surface area contributed by atoms with Crippen LogP contribution in [0.25, 0.3) is 22.2 Å². The lowest BCUT2D eigenvalue weighted by atomic mass is 10.0. The van der Waals surface area contributed by atoms with Crippen LogP contribution in [0.2, 0.25) is 0 Å². The third-order valence-electron chi connectivity index (χ3n) is 3.79. The first-order chi connectivity index (χ1) is 11.1. The SMILES string of the molecule is CC(=O)Nc1ccccc1-c1nc2c(C)cccc2cc1CO. The molecule has 0 saturated carbocycles. The number of anilines is 1. The minimum absolute atomic E-state index is 0.110. The number of carbonyl (C=O) groups is 1. The molecule has 2 N–H and O–H groups in total. The van der Waals surface area contributed by atoms with Crippen molar-refractivity contribution in [1.29, 1.82) is 0 Å². The second-order valence-electron chi connectivity index (χ2n) is 5.53. The molecule has 1 aromatic heterocycles. The number of fused-ring (bicyclic) bond motifs is 1. The smallest absolute Gasteiger partial charge is 0.221 e. The molecule has 0 aliphatic carbocycles. The van der Waals surface area contributed by atoms with Crippen LogP contribution in [-0.2, 0) is 11.4 Å². The fraction of sp³-hybridized carbons (Fsp3) is 0.158. The van der Waals surface area contributed by atoms with Crippen molar-refractivity contribution in [3.8, 4) is 11.3 Å². The number of benzene rings is 2. The number of aliphatic hydroxyl groups is 1. The first-order valence-corrected chi connectivity index (χ1v) is 7.47. The Hall–Kier alpha value is -2.72. The number of para-hydroxylation sites is 2. The van der Waals surface area contributed by atoms with Gasteiger partial charge in [0, 0.05) is 23.4 Å². The van der Waals surface area contributed by atoms with Crippen molar-refractivity contribution in [3.05, 3.63) is 59.7 Å². The Morgan fingerprint density at radius 2 is 1.96 bits per heavy atom. The van der Waals surface area contributed by atoms with Gasteiger partial charge in [-0.3, -0.25) is 4.79 Å². The van der Waals surface area contributed by atoms with Gasteiger partial charge in [-0.1, -0.05) is 36.4 Å². The van der Waals surface area contributed by atoms with Gasteiger partial charge < -0.3 is 10.4 Å². The summed E-state index contributed by atoms with van der Waals surface area (Å²) in [7, 11) is 0. The molecule has 0 spiro atoms. The van der Waals surface area contributed by atoms with Gasteiger partial charge in [-0.2, -0.15) is 0 Å². The first-order valence-electron chi connectivity index (χ1n) is 7.47. The van der Waals surface area contributed by atoms with Gasteiger partial charge in [0.2, 0.25) is 5.91 Å². The van der Waals surface area contributed by atoms with Crippen LogP contribution in [-0.4, -0.2) is 16.0 Å². The maximum atomic E-state index is 11.4. The third-order valence-corrected chi connectivity index (χ3v) is 3.79. The van der Waals surface area contributed by atoms with Gasteiger partial charge in [0.1, 0.15) is 0 Å². The number of amides is 1. The van der Waals surface area contributed by atoms with E-state index in [-0.39, 0.29) is 12.5 Å². The summed E-state index contributed by atoms with van der Waals surface area (Å²) >= 11 is 0. The van der Waals surface area contributed by atoms with E-state index >= 15 is 0 Å². The Morgan fingerprint density at radius 1 is 1.17 bits per heavy atom. The fourth-order valence-electron chi connectivity index (χ4n) is 2.73. The molecule has 0 radical (unpaired) electrons. The topological polar surface area (TPSA) is 62.2 Å². The summed E-state index contributed by atoms with van der Waals surface area (Å²) in [4.78, 5) is 16.2. The predicted octanol–water partition coefficient (Wildman–Crippen LogP) is 3.66. The van der Waals surface area contributed by atoms with Gasteiger partial charge in [-0.25, -0.2) is 4.98 Å². The minimum Gasteiger partial charge on any atom is -0.392 e. The zero-order valence-electron chi connectivity index (χ0n) is 13.1. The molecule has 3 rings (SSSR count). The fourth-order valence-corrected chi connectivity index (χ4v) is 2.73. The molecule has 0 bridgehead atoms. The zero-order valence-corrected chi connectivity index (χ0v) is 13.1. The van der Waals surface area contributed by atoms with Gasteiger partial charge in [0.25, 0.3) is 0 Å². The highest BCUT2D eigenvalue weighted by Gasteiger charge is 2.13. The molecule has 0 fully saturated rings. The molecule has 1 heterocycles. The highest BCUT2D eigenvalue weighted by molar-refractivity contribution is 5.95. The van der Waals surface area contributed by atoms with E-state index < -0.39 is 0 Å². The van der Waals surface area contributed by atoms with Gasteiger partial charge >= 0.3 is 0 Å². The number of aromatic nitrogens is 1. The molecular formula is C19H18N2O2. The zero-order chi connectivity index (χ0) is 16.4. The normalized spacial score (nSPS) is 10.7. The molecule has 0 unspecified atom stereocenters. The Kier molecular flexibility index (Phi) is 4.08. The maximum absolute atomic E-state index is 11.4. The van der Waals surface area contributed by atoms with Gasteiger partial charge in [-0.05, 0) is 24.6 Å². The Morgan fingerprint density at radius 3 is 2.70 bits per heavy atom. The van der Waals surface area contributed by atoms with Crippen molar-refractivity contribution in [1.82, 2.24) is 4.98 Å². The van der Waals surface area contributed by atoms with Crippen molar-refractivity contribution in [2.45, 2.75) is 20.5 Å². The van der Waals surface area contributed by atoms with Crippen molar-refractivity contribution >= 4 is 22.5 Å². The number of nitrogens with zero attached hydrogens (tertiary/aromatic N) is 1. The van der Waals surface area contributed by atoms with Crippen LogP contribution < -0.4 is 5.32 Å². The van der Waals surface area contributed by atoms with Crippen LogP contribution in [0.15, 0.2) is 48.5 Å². The second kappa shape index (κ2) is 6.18. The van der Waals surface area contributed by atoms with E-state index in [9.17, 15) is 9.90 Å². The van der Waals surface area contributed by atoms with Crippen LogP contribution in [0.3, 0.4) is 0 Å². The van der Waals surface area contributed by atoms with Crippen LogP contribution in [0.4, 0.5) is 5.69 Å². The van der Waals surface area contributed by atoms with E-state index in [1.165, 1.54) is 6.92 Å². The molecule has 23 heavy (non-hydrogen) atoms. The van der Waals surface area contributed by atoms with Crippen molar-refractivity contribution in [2.24, 2.45) is 0 Å². The first kappa shape index (κ1) is 15.2. The molecule has 0 saturated heterocycles. The molecule has 4 nitrogen and oxygen atoms in total. The molecule has 0 aliphatic rings. The summed E-state index contributed by atoms with van der Waals surface area (Å²) in [5, 5.41) is 13.6. The lowest BCUT2D eigenvalue weighted by Crippen LogP contribution is -2.07. The monoisotopic (exact) mass is 306 g/mol. The summed E-state index contributed by atoms with van der Waals surface area (Å²) in [6.45, 7) is 3.37. The summed E-state index contributed by atoms with van der Waals surface area (Å²) in [6.07, 6.45) is 0. The summed E-state index contributed by atoms with van der Waals surface area (Å²) in [6, 6.07) is 15.4. The van der Waals surface area contributed by atoms with Crippen LogP contribution in [0.5, 0.6) is 0 Å². The van der Waals surface area contributed by atoms with Crippen molar-refractivity contribution in [3.63, 3.8) is 0 Å². The third kappa shape index (κ3) is 2.94. The molecule has 2 aromatic carbocycles. The Labute approximate surface area is 134 Å². The second-order valence-corrected chi connectivity index (χ2v) is 5.53. The van der Waals surface area contributed by atoms with E-state index in [2.05, 4.69) is 5.32 Å². The molecule has 4 heteroatoms. The summed E-state index contributed by atoms with van der Waals surface area (Å²) < 4.78 is 0. The summed E-state index contributed by atoms with van der Waals surface area (Å²) in [5.74, 6) is -0.139. The van der Waals surface area contributed by atoms with Crippen molar-refractivity contribution in [2.75, 3.05) is 5.32 Å². The van der Waals surface area contributed by atoms with Gasteiger partial charge in [0.05, 0.1) is 23.5 Å². The molecule has 0 aliphatic heterocycles. The number of hydrogen-bond donors (Lipinski definition) is 2. The Bertz CT molecular complexity index is 888. The summed E-state index contributed by atoms with van der Waals surface area (Å²) in [5.41, 5.74) is 4.90. The number of carbonyl (C=O) groups excluding carboxylic acids is 1. The highest BCUT2D eigenvalue weighted by Crippen LogP contribution is 2.32. The lowest BCUT2D eigenvalue weighted by molar-refractivity contribution is -0.114. The largest absolute Gasteiger partial charge is 0.392 e. The lowest BCUT2D eigenvalue weighted by Gasteiger charge is -2.14. The number of aliphatic hydroxyl groups excluding tert-OH is 1. The standard InChI is InChI=1S/C19H18N2O2/c1-12-6-5-7-14-10-15(11-22)19(21-18(12)14)16-8-3-4-9-17(16)20-13(2)23/h3-10,22H,11H2,1-2H3,(H,20,23). The molecule has 3 aromatic rings. The van der Waals surface area contributed by atoms with Crippen LogP contribution >= 0.6 is 0 Å². The number of rotatable bonds is 3. The van der Waals surface area contributed by atoms with E-state index in [4.69, 9.17) is 4.98 Å². The average molecular weight is 306 g/mol. The van der Waals surface area contributed by atoms with E-state index in [1.807, 2.05) is 55.5 Å². The quantitative estimate of drug-likeness (QED) is 0.776. The van der Waals surface area contributed by atoms with Crippen LogP contribution in [0.1, 0.15) is 18.1 Å². The molecule has 0 atom stereocenters. The van der Waals surface area contributed by atoms with E-state index in [0.29, 0.717) is 11.4 Å². The number of pyridine rings is 1. The van der Waals surface area contributed by atoms with Crippen molar-refractivity contribution < 1.29 is 9.90 Å². The minimum atomic E-state index is -0.139. The van der Waals surface area contributed by atoms with Gasteiger partial charge in [-0.15, -0.1) is 0 Å². The van der Waals surface area contributed by atoms with E-state index in [0.717, 1.165) is 27.6 Å². The predicted molar refractivity (Wildman–Crippen MR) is 92.1 cm³/mol. The molecular weight excluding hydrogens is 288 g/mol. The number of aryl methyl sites for hydroxylation is 1. The van der Waals surface area contributed by atoms with Crippen LogP contribution in [0, 0.1) is 6.92 Å². The average Bonchev–Trinajstić information content (AvgIpc) is 2.54. The van der Waals surface area contributed by atoms with E-state index in [1.54, 1.807) is 0 Å². The number of nitrogens with one attached hydrogen (secondary N) is 1. The molecule has 1 amide bonds. The Balaban J connectivity index is 2.27. The van der Waals surface area contributed by atoms with Gasteiger partial charge in [0.15, 0.2) is 0 Å². The molecule has 116 valence electrons.